The van der Waals surface area contributed by atoms with Crippen LogP contribution in [0.5, 0.6) is 0 Å². The van der Waals surface area contributed by atoms with Crippen molar-refractivity contribution < 1.29 is 18.0 Å². The highest BCUT2D eigenvalue weighted by atomic mass is 35.5. The van der Waals surface area contributed by atoms with E-state index in [0.29, 0.717) is 5.02 Å². The number of nitrogens with one attached hydrogen (secondary N) is 1. The average Bonchev–Trinajstić information content (AvgIpc) is 2.96. The number of hydrogen-bond donors (Lipinski definition) is 1. The molecule has 1 N–H and O–H groups in total. The van der Waals surface area contributed by atoms with Crippen LogP contribution in [0.2, 0.25) is 5.02 Å². The van der Waals surface area contributed by atoms with Gasteiger partial charge in [-0.3, -0.25) is 13.9 Å². The molecule has 0 aromatic heterocycles. The number of nitrogens with zero attached hydrogens (tertiary/aromatic N) is 2. The van der Waals surface area contributed by atoms with E-state index in [0.717, 1.165) is 47.5 Å². The van der Waals surface area contributed by atoms with Crippen LogP contribution in [0.15, 0.2) is 83.8 Å². The molecule has 1 aliphatic rings. The molecule has 7 nitrogen and oxygen atoms in total. The molecule has 0 spiro atoms. The van der Waals surface area contributed by atoms with Crippen molar-refractivity contribution >= 4 is 39.1 Å². The number of rotatable bonds is 10. The molecule has 1 fully saturated rings. The van der Waals surface area contributed by atoms with Gasteiger partial charge in [0.25, 0.3) is 10.0 Å². The Bertz CT molecular complexity index is 1430. The number of carbonyl (C=O) groups is 2. The van der Waals surface area contributed by atoms with Crippen molar-refractivity contribution in [2.45, 2.75) is 69.5 Å². The van der Waals surface area contributed by atoms with Crippen molar-refractivity contribution in [3.8, 4) is 0 Å². The number of carbonyl (C=O) groups excluding carboxylic acids is 2. The summed E-state index contributed by atoms with van der Waals surface area (Å²) >= 11 is 6.22. The molecular weight excluding hydrogens is 546 g/mol. The zero-order valence-corrected chi connectivity index (χ0v) is 24.5. The number of anilines is 1. The number of aryl methyl sites for hydroxylation is 1. The summed E-state index contributed by atoms with van der Waals surface area (Å²) in [6, 6.07) is 21.3. The van der Waals surface area contributed by atoms with Crippen LogP contribution in [0.3, 0.4) is 0 Å². The smallest absolute Gasteiger partial charge is 0.264 e. The van der Waals surface area contributed by atoms with E-state index in [2.05, 4.69) is 5.32 Å². The number of amides is 2. The lowest BCUT2D eigenvalue weighted by molar-refractivity contribution is -0.139. The lowest BCUT2D eigenvalue weighted by Gasteiger charge is -2.33. The molecule has 9 heteroatoms. The summed E-state index contributed by atoms with van der Waals surface area (Å²) in [6.45, 7) is 3.32. The van der Waals surface area contributed by atoms with Crippen molar-refractivity contribution in [3.05, 3.63) is 95.0 Å². The highest BCUT2D eigenvalue weighted by Crippen LogP contribution is 2.27. The van der Waals surface area contributed by atoms with Crippen LogP contribution >= 0.6 is 11.6 Å². The Morgan fingerprint density at radius 1 is 0.950 bits per heavy atom. The maximum atomic E-state index is 14.1. The Morgan fingerprint density at radius 3 is 2.30 bits per heavy atom. The van der Waals surface area contributed by atoms with E-state index in [-0.39, 0.29) is 29.1 Å². The first-order chi connectivity index (χ1) is 19.2. The number of halogens is 1. The van der Waals surface area contributed by atoms with E-state index in [1.54, 1.807) is 43.3 Å². The fourth-order valence-electron chi connectivity index (χ4n) is 5.00. The van der Waals surface area contributed by atoms with Crippen LogP contribution in [-0.4, -0.2) is 43.8 Å². The van der Waals surface area contributed by atoms with Crippen molar-refractivity contribution in [3.63, 3.8) is 0 Å². The molecule has 1 saturated carbocycles. The van der Waals surface area contributed by atoms with Crippen LogP contribution < -0.4 is 9.62 Å². The minimum Gasteiger partial charge on any atom is -0.352 e. The first kappa shape index (κ1) is 29.6. The highest BCUT2D eigenvalue weighted by molar-refractivity contribution is 7.92. The van der Waals surface area contributed by atoms with E-state index in [9.17, 15) is 18.0 Å². The van der Waals surface area contributed by atoms with Crippen molar-refractivity contribution in [2.24, 2.45) is 0 Å². The van der Waals surface area contributed by atoms with Gasteiger partial charge in [0.2, 0.25) is 11.8 Å². The summed E-state index contributed by atoms with van der Waals surface area (Å²) in [5, 5.41) is 3.46. The van der Waals surface area contributed by atoms with Crippen LogP contribution in [0.4, 0.5) is 5.69 Å². The standard InChI is InChI=1S/C31H36ClN3O4S/c1-23-12-9-10-13-25(23)21-34(24(2)31(37)33-27-15-5-3-6-16-27)30(36)22-35(28-17-11-14-26(32)20-28)40(38,39)29-18-7-4-8-19-29/h4,7-14,17-20,24,27H,3,5-6,15-16,21-22H2,1-2H3,(H,33,37)/t24-/m1/s1. The van der Waals surface area contributed by atoms with Crippen LogP contribution in [-0.2, 0) is 26.2 Å². The molecule has 0 bridgehead atoms. The molecular formula is C31H36ClN3O4S. The molecule has 0 saturated heterocycles. The molecule has 3 aromatic rings. The van der Waals surface area contributed by atoms with Gasteiger partial charge in [-0.25, -0.2) is 8.42 Å². The van der Waals surface area contributed by atoms with E-state index >= 15 is 0 Å². The second-order valence-electron chi connectivity index (χ2n) is 10.3. The first-order valence-electron chi connectivity index (χ1n) is 13.6. The normalized spacial score (nSPS) is 14.8. The second-order valence-corrected chi connectivity index (χ2v) is 12.6. The zero-order chi connectivity index (χ0) is 28.7. The van der Waals surface area contributed by atoms with E-state index in [1.807, 2.05) is 31.2 Å². The fourth-order valence-corrected chi connectivity index (χ4v) is 6.61. The average molecular weight is 582 g/mol. The van der Waals surface area contributed by atoms with Crippen LogP contribution in [0, 0.1) is 6.92 Å². The summed E-state index contributed by atoms with van der Waals surface area (Å²) in [4.78, 5) is 29.0. The van der Waals surface area contributed by atoms with Gasteiger partial charge in [0.1, 0.15) is 12.6 Å². The zero-order valence-electron chi connectivity index (χ0n) is 22.9. The van der Waals surface area contributed by atoms with Gasteiger partial charge in [0.05, 0.1) is 10.6 Å². The number of benzene rings is 3. The Kier molecular flexibility index (Phi) is 9.87. The van der Waals surface area contributed by atoms with Crippen molar-refractivity contribution in [1.82, 2.24) is 10.2 Å². The minimum atomic E-state index is -4.12. The molecule has 2 amide bonds. The summed E-state index contributed by atoms with van der Waals surface area (Å²) in [5.74, 6) is -0.733. The Hall–Kier alpha value is -3.36. The Balaban J connectivity index is 1.67. The summed E-state index contributed by atoms with van der Waals surface area (Å²) in [7, 11) is -4.12. The predicted molar refractivity (Wildman–Crippen MR) is 159 cm³/mol. The molecule has 0 heterocycles. The lowest BCUT2D eigenvalue weighted by atomic mass is 9.95. The number of hydrogen-bond acceptors (Lipinski definition) is 4. The van der Waals surface area contributed by atoms with E-state index < -0.39 is 28.5 Å². The highest BCUT2D eigenvalue weighted by Gasteiger charge is 2.33. The van der Waals surface area contributed by atoms with Gasteiger partial charge in [-0.05, 0) is 68.1 Å². The molecule has 3 aromatic carbocycles. The second kappa shape index (κ2) is 13.3. The molecule has 0 radical (unpaired) electrons. The summed E-state index contributed by atoms with van der Waals surface area (Å²) in [6.07, 6.45) is 5.13. The Labute approximate surface area is 242 Å². The maximum Gasteiger partial charge on any atom is 0.264 e. The summed E-state index contributed by atoms with van der Waals surface area (Å²) < 4.78 is 28.7. The number of sulfonamides is 1. The quantitative estimate of drug-likeness (QED) is 0.332. The van der Waals surface area contributed by atoms with E-state index in [1.165, 1.54) is 23.1 Å². The third-order valence-electron chi connectivity index (χ3n) is 7.43. The molecule has 0 unspecified atom stereocenters. The van der Waals surface area contributed by atoms with Crippen LogP contribution in [0.25, 0.3) is 0 Å². The molecule has 1 aliphatic carbocycles. The van der Waals surface area contributed by atoms with Gasteiger partial charge in [0.15, 0.2) is 0 Å². The molecule has 4 rings (SSSR count). The van der Waals surface area contributed by atoms with Gasteiger partial charge in [-0.2, -0.15) is 0 Å². The first-order valence-corrected chi connectivity index (χ1v) is 15.5. The Morgan fingerprint density at radius 2 is 1.62 bits per heavy atom. The minimum absolute atomic E-state index is 0.0521. The van der Waals surface area contributed by atoms with Gasteiger partial charge in [-0.15, -0.1) is 0 Å². The molecule has 0 aliphatic heterocycles. The molecule has 212 valence electrons. The lowest BCUT2D eigenvalue weighted by Crippen LogP contribution is -2.53. The third-order valence-corrected chi connectivity index (χ3v) is 9.45. The SMILES string of the molecule is Cc1ccccc1CN(C(=O)CN(c1cccc(Cl)c1)S(=O)(=O)c1ccccc1)[C@H](C)C(=O)NC1CCCCC1. The third kappa shape index (κ3) is 7.23. The monoisotopic (exact) mass is 581 g/mol. The summed E-state index contributed by atoms with van der Waals surface area (Å²) in [5.41, 5.74) is 2.12. The molecule has 40 heavy (non-hydrogen) atoms. The van der Waals surface area contributed by atoms with Gasteiger partial charge >= 0.3 is 0 Å². The maximum absolute atomic E-state index is 14.1. The van der Waals surface area contributed by atoms with Gasteiger partial charge in [0, 0.05) is 17.6 Å². The predicted octanol–water partition coefficient (Wildman–Crippen LogP) is 5.71. The van der Waals surface area contributed by atoms with Crippen molar-refractivity contribution in [1.29, 1.82) is 0 Å². The van der Waals surface area contributed by atoms with Crippen molar-refractivity contribution in [2.75, 3.05) is 10.8 Å². The topological polar surface area (TPSA) is 86.8 Å². The largest absolute Gasteiger partial charge is 0.352 e. The fraction of sp³-hybridized carbons (Fsp3) is 0.355. The van der Waals surface area contributed by atoms with Gasteiger partial charge in [-0.1, -0.05) is 79.4 Å². The molecule has 1 atom stereocenters. The van der Waals surface area contributed by atoms with Crippen LogP contribution in [0.1, 0.15) is 50.2 Å². The van der Waals surface area contributed by atoms with Gasteiger partial charge < -0.3 is 10.2 Å². The van der Waals surface area contributed by atoms with E-state index in [4.69, 9.17) is 11.6 Å².